The molecule has 0 aliphatic carbocycles. The Morgan fingerprint density at radius 2 is 1.74 bits per heavy atom. The number of hydrogen-bond acceptors (Lipinski definition) is 6. The fourth-order valence-corrected chi connectivity index (χ4v) is 3.34. The van der Waals surface area contributed by atoms with Crippen molar-refractivity contribution in [1.29, 1.82) is 0 Å². The number of halogens is 1. The molecule has 0 aliphatic rings. The Balaban J connectivity index is 1.82. The van der Waals surface area contributed by atoms with E-state index in [1.165, 1.54) is 24.3 Å². The van der Waals surface area contributed by atoms with Crippen LogP contribution in [0.1, 0.15) is 40.4 Å². The molecule has 0 atom stereocenters. The zero-order valence-corrected chi connectivity index (χ0v) is 17.6. The van der Waals surface area contributed by atoms with E-state index in [-0.39, 0.29) is 37.8 Å². The highest BCUT2D eigenvalue weighted by Gasteiger charge is 2.17. The van der Waals surface area contributed by atoms with Crippen molar-refractivity contribution in [3.8, 4) is 5.75 Å². The van der Waals surface area contributed by atoms with E-state index >= 15 is 0 Å². The molecule has 0 saturated carbocycles. The van der Waals surface area contributed by atoms with Gasteiger partial charge in [-0.05, 0) is 69.2 Å². The molecule has 1 heterocycles. The van der Waals surface area contributed by atoms with Gasteiger partial charge >= 0.3 is 11.6 Å². The summed E-state index contributed by atoms with van der Waals surface area (Å²) in [6.45, 7) is 5.32. The van der Waals surface area contributed by atoms with Crippen molar-refractivity contribution in [3.05, 3.63) is 74.9 Å². The molecule has 0 spiro atoms. The average Bonchev–Trinajstić information content (AvgIpc) is 2.74. The van der Waals surface area contributed by atoms with Crippen LogP contribution in [0.15, 0.2) is 45.6 Å². The standard InChI is InChI=1S/C24H23FO6/c1-4-29-22(27)12-10-19-14(2)18-9-11-21(15(3)23(18)31-24(19)28)30-13-20(26)16-5-7-17(25)8-6-16/h5-9,11H,4,10,12-13H2,1-3H3. The smallest absolute Gasteiger partial charge is 0.339 e. The van der Waals surface area contributed by atoms with Crippen LogP contribution in [0.2, 0.25) is 0 Å². The molecule has 6 nitrogen and oxygen atoms in total. The maximum Gasteiger partial charge on any atom is 0.339 e. The van der Waals surface area contributed by atoms with Crippen LogP contribution in [-0.4, -0.2) is 25.0 Å². The van der Waals surface area contributed by atoms with Gasteiger partial charge in [0, 0.05) is 28.5 Å². The molecular formula is C24H23FO6. The second-order valence-electron chi connectivity index (χ2n) is 7.08. The molecule has 0 N–H and O–H groups in total. The summed E-state index contributed by atoms with van der Waals surface area (Å²) in [5.41, 5.74) is 1.94. The van der Waals surface area contributed by atoms with Gasteiger partial charge in [0.1, 0.15) is 17.1 Å². The number of carbonyl (C=O) groups is 2. The van der Waals surface area contributed by atoms with Crippen LogP contribution in [0.3, 0.4) is 0 Å². The van der Waals surface area contributed by atoms with Gasteiger partial charge < -0.3 is 13.9 Å². The Bertz CT molecular complexity index is 1180. The third kappa shape index (κ3) is 4.99. The van der Waals surface area contributed by atoms with Gasteiger partial charge in [-0.2, -0.15) is 0 Å². The zero-order valence-electron chi connectivity index (χ0n) is 17.6. The van der Waals surface area contributed by atoms with E-state index in [0.29, 0.717) is 28.0 Å². The Morgan fingerprint density at radius 1 is 1.03 bits per heavy atom. The normalized spacial score (nSPS) is 10.8. The number of carbonyl (C=O) groups excluding carboxylic acids is 2. The topological polar surface area (TPSA) is 82.8 Å². The van der Waals surface area contributed by atoms with Crippen LogP contribution in [-0.2, 0) is 16.0 Å². The lowest BCUT2D eigenvalue weighted by molar-refractivity contribution is -0.143. The number of ether oxygens (including phenoxy) is 2. The van der Waals surface area contributed by atoms with Gasteiger partial charge in [0.25, 0.3) is 0 Å². The molecular weight excluding hydrogens is 403 g/mol. The van der Waals surface area contributed by atoms with E-state index in [1.54, 1.807) is 32.9 Å². The maximum absolute atomic E-state index is 13.0. The van der Waals surface area contributed by atoms with Crippen molar-refractivity contribution in [2.75, 3.05) is 13.2 Å². The van der Waals surface area contributed by atoms with Crippen molar-refractivity contribution in [2.45, 2.75) is 33.6 Å². The number of Topliss-reactive ketones (excluding diaryl/α,β-unsaturated/α-hetero) is 1. The summed E-state index contributed by atoms with van der Waals surface area (Å²) in [5, 5.41) is 0.730. The lowest BCUT2D eigenvalue weighted by atomic mass is 10.0. The second kappa shape index (κ2) is 9.55. The third-order valence-electron chi connectivity index (χ3n) is 5.06. The summed E-state index contributed by atoms with van der Waals surface area (Å²) < 4.78 is 29.1. The maximum atomic E-state index is 13.0. The molecule has 7 heteroatoms. The van der Waals surface area contributed by atoms with Crippen molar-refractivity contribution < 1.29 is 27.9 Å². The van der Waals surface area contributed by atoms with Gasteiger partial charge in [0.2, 0.25) is 0 Å². The molecule has 0 saturated heterocycles. The summed E-state index contributed by atoms with van der Waals surface area (Å²) >= 11 is 0. The van der Waals surface area contributed by atoms with Gasteiger partial charge in [-0.15, -0.1) is 0 Å². The van der Waals surface area contributed by atoms with E-state index in [0.717, 1.165) is 10.9 Å². The van der Waals surface area contributed by atoms with Crippen LogP contribution in [0.5, 0.6) is 5.75 Å². The molecule has 0 unspecified atom stereocenters. The van der Waals surface area contributed by atoms with Crippen molar-refractivity contribution >= 4 is 22.7 Å². The first-order chi connectivity index (χ1) is 14.8. The summed E-state index contributed by atoms with van der Waals surface area (Å²) in [5.74, 6) is -0.682. The van der Waals surface area contributed by atoms with Crippen molar-refractivity contribution in [3.63, 3.8) is 0 Å². The van der Waals surface area contributed by atoms with Gasteiger partial charge in [-0.3, -0.25) is 9.59 Å². The van der Waals surface area contributed by atoms with E-state index in [2.05, 4.69) is 0 Å². The highest BCUT2D eigenvalue weighted by molar-refractivity contribution is 5.97. The van der Waals surface area contributed by atoms with E-state index in [1.807, 2.05) is 0 Å². The fraction of sp³-hybridized carbons (Fsp3) is 0.292. The molecule has 2 aromatic carbocycles. The number of hydrogen-bond donors (Lipinski definition) is 0. The molecule has 0 fully saturated rings. The fourth-order valence-electron chi connectivity index (χ4n) is 3.34. The molecule has 1 aromatic heterocycles. The zero-order chi connectivity index (χ0) is 22.5. The predicted molar refractivity (Wildman–Crippen MR) is 113 cm³/mol. The van der Waals surface area contributed by atoms with Gasteiger partial charge in [0.05, 0.1) is 6.61 Å². The summed E-state index contributed by atoms with van der Waals surface area (Å²) in [6, 6.07) is 8.68. The van der Waals surface area contributed by atoms with Crippen molar-refractivity contribution in [2.24, 2.45) is 0 Å². The quantitative estimate of drug-likeness (QED) is 0.303. The summed E-state index contributed by atoms with van der Waals surface area (Å²) in [6.07, 6.45) is 0.322. The largest absolute Gasteiger partial charge is 0.485 e. The first-order valence-corrected chi connectivity index (χ1v) is 9.95. The van der Waals surface area contributed by atoms with Gasteiger partial charge in [-0.1, -0.05) is 0 Å². The molecule has 0 amide bonds. The number of benzene rings is 2. The Labute approximate surface area is 178 Å². The average molecular weight is 426 g/mol. The molecule has 3 rings (SSSR count). The number of rotatable bonds is 8. The molecule has 0 bridgehead atoms. The number of aryl methyl sites for hydroxylation is 2. The van der Waals surface area contributed by atoms with Crippen LogP contribution < -0.4 is 10.4 Å². The number of ketones is 1. The highest BCUT2D eigenvalue weighted by Crippen LogP contribution is 2.29. The minimum absolute atomic E-state index is 0.0939. The van der Waals surface area contributed by atoms with Crippen LogP contribution in [0.25, 0.3) is 11.0 Å². The molecule has 0 radical (unpaired) electrons. The van der Waals surface area contributed by atoms with Crippen LogP contribution in [0.4, 0.5) is 4.39 Å². The Morgan fingerprint density at radius 3 is 2.42 bits per heavy atom. The van der Waals surface area contributed by atoms with E-state index in [4.69, 9.17) is 13.9 Å². The first kappa shape index (κ1) is 22.2. The lowest BCUT2D eigenvalue weighted by Gasteiger charge is -2.13. The lowest BCUT2D eigenvalue weighted by Crippen LogP contribution is -2.15. The second-order valence-corrected chi connectivity index (χ2v) is 7.08. The van der Waals surface area contributed by atoms with Crippen LogP contribution >= 0.6 is 0 Å². The molecule has 31 heavy (non-hydrogen) atoms. The summed E-state index contributed by atoms with van der Waals surface area (Å²) in [4.78, 5) is 36.4. The SMILES string of the molecule is CCOC(=O)CCc1c(C)c2ccc(OCC(=O)c3ccc(F)cc3)c(C)c2oc1=O. The Kier molecular flexibility index (Phi) is 6.84. The van der Waals surface area contributed by atoms with E-state index < -0.39 is 11.4 Å². The van der Waals surface area contributed by atoms with Crippen molar-refractivity contribution in [1.82, 2.24) is 0 Å². The van der Waals surface area contributed by atoms with Crippen LogP contribution in [0, 0.1) is 19.7 Å². The minimum atomic E-state index is -0.517. The highest BCUT2D eigenvalue weighted by atomic mass is 19.1. The molecule has 3 aromatic rings. The minimum Gasteiger partial charge on any atom is -0.485 e. The molecule has 162 valence electrons. The Hall–Kier alpha value is -3.48. The monoisotopic (exact) mass is 426 g/mol. The number of esters is 1. The number of fused-ring (bicyclic) bond motifs is 1. The third-order valence-corrected chi connectivity index (χ3v) is 5.06. The summed E-state index contributed by atoms with van der Waals surface area (Å²) in [7, 11) is 0. The van der Waals surface area contributed by atoms with Gasteiger partial charge in [-0.25, -0.2) is 9.18 Å². The molecule has 0 aliphatic heterocycles. The predicted octanol–water partition coefficient (Wildman–Crippen LogP) is 4.31. The van der Waals surface area contributed by atoms with Gasteiger partial charge in [0.15, 0.2) is 12.4 Å². The van der Waals surface area contributed by atoms with E-state index in [9.17, 15) is 18.8 Å². The first-order valence-electron chi connectivity index (χ1n) is 9.95.